The molecule has 1 aromatic heterocycles. The Kier molecular flexibility index (Phi) is 6.55. The van der Waals surface area contributed by atoms with E-state index in [4.69, 9.17) is 10.7 Å². The molecule has 2 heterocycles. The number of benzene rings is 1. The highest BCUT2D eigenvalue weighted by Gasteiger charge is 2.42. The molecule has 1 aromatic carbocycles. The molecule has 1 aliphatic rings. The van der Waals surface area contributed by atoms with Crippen LogP contribution in [-0.2, 0) is 11.3 Å². The van der Waals surface area contributed by atoms with Crippen molar-refractivity contribution >= 4 is 11.8 Å². The second-order valence-electron chi connectivity index (χ2n) is 9.68. The quantitative estimate of drug-likeness (QED) is 0.770. The number of nitrogens with two attached hydrogens (primary N) is 1. The van der Waals surface area contributed by atoms with E-state index in [0.29, 0.717) is 12.2 Å². The molecule has 3 atom stereocenters. The Morgan fingerprint density at radius 3 is 2.42 bits per heavy atom. The second-order valence-corrected chi connectivity index (χ2v) is 9.68. The number of carbonyl (C=O) groups is 2. The third kappa shape index (κ3) is 4.51. The number of primary amides is 1. The van der Waals surface area contributed by atoms with Gasteiger partial charge in [-0.1, -0.05) is 58.0 Å². The fourth-order valence-corrected chi connectivity index (χ4v) is 4.83. The largest absolute Gasteiger partial charge is 0.364 e. The first kappa shape index (κ1) is 23.0. The average molecular weight is 426 g/mol. The summed E-state index contributed by atoms with van der Waals surface area (Å²) in [5, 5.41) is 2.86. The summed E-state index contributed by atoms with van der Waals surface area (Å²) in [4.78, 5) is 32.4. The van der Waals surface area contributed by atoms with Crippen LogP contribution >= 0.6 is 0 Å². The zero-order chi connectivity index (χ0) is 22.9. The summed E-state index contributed by atoms with van der Waals surface area (Å²) >= 11 is 0. The molecule has 1 aliphatic heterocycles. The Hall–Kier alpha value is -2.67. The first-order chi connectivity index (χ1) is 14.6. The number of rotatable bonds is 5. The summed E-state index contributed by atoms with van der Waals surface area (Å²) in [6.45, 7) is 9.74. The summed E-state index contributed by atoms with van der Waals surface area (Å²) in [6.07, 6.45) is 0.780. The molecule has 0 bridgehead atoms. The summed E-state index contributed by atoms with van der Waals surface area (Å²) in [7, 11) is 3.71. The van der Waals surface area contributed by atoms with Crippen molar-refractivity contribution in [1.29, 1.82) is 0 Å². The fraction of sp³-hybridized carbons (Fsp3) is 0.542. The van der Waals surface area contributed by atoms with E-state index >= 15 is 0 Å². The topological polar surface area (TPSA) is 93.2 Å². The molecule has 7 heteroatoms. The number of carbonyl (C=O) groups excluding carboxylic acids is 2. The third-order valence-electron chi connectivity index (χ3n) is 6.36. The van der Waals surface area contributed by atoms with Gasteiger partial charge in [0.05, 0.1) is 11.6 Å². The molecule has 168 valence electrons. The van der Waals surface area contributed by atoms with Gasteiger partial charge in [0, 0.05) is 32.1 Å². The van der Waals surface area contributed by atoms with Crippen LogP contribution in [0.4, 0.5) is 0 Å². The van der Waals surface area contributed by atoms with Crippen molar-refractivity contribution in [3.63, 3.8) is 0 Å². The smallest absolute Gasteiger partial charge is 0.269 e. The van der Waals surface area contributed by atoms with Crippen LogP contribution in [0.2, 0.25) is 0 Å². The van der Waals surface area contributed by atoms with Gasteiger partial charge in [-0.05, 0) is 24.4 Å². The van der Waals surface area contributed by atoms with E-state index in [1.54, 1.807) is 7.05 Å². The van der Waals surface area contributed by atoms with Gasteiger partial charge in [-0.15, -0.1) is 0 Å². The number of amides is 2. The molecule has 7 nitrogen and oxygen atoms in total. The van der Waals surface area contributed by atoms with Crippen LogP contribution in [0.25, 0.3) is 0 Å². The van der Waals surface area contributed by atoms with Gasteiger partial charge in [-0.2, -0.15) is 0 Å². The molecule has 2 aromatic rings. The highest BCUT2D eigenvalue weighted by Crippen LogP contribution is 2.42. The maximum atomic E-state index is 13.1. The molecule has 3 rings (SSSR count). The molecule has 0 aliphatic carbocycles. The van der Waals surface area contributed by atoms with Gasteiger partial charge in [0.25, 0.3) is 5.91 Å². The standard InChI is InChI=1S/C24H35N5O2/c1-15(16-10-8-7-9-11-16)22-27-20(21(25)30)18-14-28(6)13-12-17(29(18)22)19(23(31)26-5)24(2,3)4/h7-11,15,17,19H,12-14H2,1-6H3,(H2,25,30)(H,26,31)/t15?,17?,19-/m0/s1. The van der Waals surface area contributed by atoms with Gasteiger partial charge in [0.1, 0.15) is 5.82 Å². The molecular formula is C24H35N5O2. The second kappa shape index (κ2) is 8.83. The maximum absolute atomic E-state index is 13.1. The number of imidazole rings is 1. The van der Waals surface area contributed by atoms with Crippen LogP contribution < -0.4 is 11.1 Å². The maximum Gasteiger partial charge on any atom is 0.269 e. The predicted octanol–water partition coefficient (Wildman–Crippen LogP) is 2.92. The lowest BCUT2D eigenvalue weighted by molar-refractivity contribution is -0.130. The van der Waals surface area contributed by atoms with Gasteiger partial charge >= 0.3 is 0 Å². The lowest BCUT2D eigenvalue weighted by atomic mass is 9.74. The van der Waals surface area contributed by atoms with Crippen molar-refractivity contribution < 1.29 is 9.59 Å². The van der Waals surface area contributed by atoms with Gasteiger partial charge in [0.2, 0.25) is 5.91 Å². The van der Waals surface area contributed by atoms with Crippen LogP contribution in [-0.4, -0.2) is 46.9 Å². The van der Waals surface area contributed by atoms with E-state index in [-0.39, 0.29) is 29.2 Å². The predicted molar refractivity (Wildman–Crippen MR) is 122 cm³/mol. The number of nitrogens with one attached hydrogen (secondary N) is 1. The van der Waals surface area contributed by atoms with E-state index < -0.39 is 5.91 Å². The van der Waals surface area contributed by atoms with Gasteiger partial charge in [0.15, 0.2) is 5.69 Å². The Morgan fingerprint density at radius 2 is 1.87 bits per heavy atom. The summed E-state index contributed by atoms with van der Waals surface area (Å²) in [6, 6.07) is 9.97. The molecule has 0 saturated carbocycles. The van der Waals surface area contributed by atoms with E-state index in [2.05, 4.69) is 54.6 Å². The fourth-order valence-electron chi connectivity index (χ4n) is 4.83. The summed E-state index contributed by atoms with van der Waals surface area (Å²) in [5.74, 6) is -0.0886. The number of nitrogens with zero attached hydrogens (tertiary/aromatic N) is 3. The van der Waals surface area contributed by atoms with Gasteiger partial charge in [-0.3, -0.25) is 9.59 Å². The molecule has 2 amide bonds. The molecular weight excluding hydrogens is 390 g/mol. The first-order valence-corrected chi connectivity index (χ1v) is 10.9. The normalized spacial score (nSPS) is 19.2. The number of hydrogen-bond donors (Lipinski definition) is 2. The lowest BCUT2D eigenvalue weighted by Gasteiger charge is -2.37. The minimum absolute atomic E-state index is 0.000595. The highest BCUT2D eigenvalue weighted by atomic mass is 16.2. The van der Waals surface area contributed by atoms with Crippen molar-refractivity contribution in [2.24, 2.45) is 17.1 Å². The zero-order valence-corrected chi connectivity index (χ0v) is 19.5. The third-order valence-corrected chi connectivity index (χ3v) is 6.36. The van der Waals surface area contributed by atoms with Crippen molar-refractivity contribution in [2.45, 2.75) is 52.6 Å². The molecule has 3 N–H and O–H groups in total. The van der Waals surface area contributed by atoms with Crippen LogP contribution in [0.5, 0.6) is 0 Å². The van der Waals surface area contributed by atoms with Gasteiger partial charge in [-0.25, -0.2) is 4.98 Å². The molecule has 0 spiro atoms. The van der Waals surface area contributed by atoms with Crippen molar-refractivity contribution in [3.8, 4) is 0 Å². The van der Waals surface area contributed by atoms with E-state index in [9.17, 15) is 9.59 Å². The Bertz CT molecular complexity index is 945. The molecule has 0 saturated heterocycles. The number of fused-ring (bicyclic) bond motifs is 1. The lowest BCUT2D eigenvalue weighted by Crippen LogP contribution is -2.42. The Labute approximate surface area is 185 Å². The number of hydrogen-bond acceptors (Lipinski definition) is 4. The van der Waals surface area contributed by atoms with Crippen LogP contribution in [0.3, 0.4) is 0 Å². The van der Waals surface area contributed by atoms with Gasteiger partial charge < -0.3 is 20.5 Å². The number of aromatic nitrogens is 2. The highest BCUT2D eigenvalue weighted by molar-refractivity contribution is 5.92. The monoisotopic (exact) mass is 425 g/mol. The van der Waals surface area contributed by atoms with Crippen molar-refractivity contribution in [2.75, 3.05) is 20.6 Å². The molecule has 2 unspecified atom stereocenters. The van der Waals surface area contributed by atoms with Crippen molar-refractivity contribution in [3.05, 3.63) is 53.1 Å². The first-order valence-electron chi connectivity index (χ1n) is 10.9. The van der Waals surface area contributed by atoms with Crippen LogP contribution in [0, 0.1) is 11.3 Å². The summed E-state index contributed by atoms with van der Waals surface area (Å²) in [5.41, 5.74) is 7.70. The zero-order valence-electron chi connectivity index (χ0n) is 19.5. The average Bonchev–Trinajstić information content (AvgIpc) is 3.00. The van der Waals surface area contributed by atoms with E-state index in [0.717, 1.165) is 30.0 Å². The van der Waals surface area contributed by atoms with Crippen molar-refractivity contribution in [1.82, 2.24) is 19.8 Å². The summed E-state index contributed by atoms with van der Waals surface area (Å²) < 4.78 is 2.16. The minimum Gasteiger partial charge on any atom is -0.364 e. The van der Waals surface area contributed by atoms with E-state index in [1.165, 1.54) is 0 Å². The van der Waals surface area contributed by atoms with E-state index in [1.807, 2.05) is 25.2 Å². The van der Waals surface area contributed by atoms with Crippen LogP contribution in [0.15, 0.2) is 30.3 Å². The SMILES string of the molecule is CNC(=O)[C@H](C1CCN(C)Cc2c(C(N)=O)nc(C(C)c3ccccc3)n21)C(C)(C)C. The molecule has 0 radical (unpaired) electrons. The Balaban J connectivity index is 2.27. The Morgan fingerprint density at radius 1 is 1.23 bits per heavy atom. The molecule has 0 fully saturated rings. The molecule has 31 heavy (non-hydrogen) atoms. The van der Waals surface area contributed by atoms with Crippen LogP contribution in [0.1, 0.15) is 73.6 Å². The minimum atomic E-state index is -0.531.